The van der Waals surface area contributed by atoms with E-state index in [4.69, 9.17) is 0 Å². The lowest BCUT2D eigenvalue weighted by Crippen LogP contribution is -2.22. The van der Waals surface area contributed by atoms with Crippen molar-refractivity contribution in [3.8, 4) is 0 Å². The van der Waals surface area contributed by atoms with Gasteiger partial charge in [0.25, 0.3) is 0 Å². The summed E-state index contributed by atoms with van der Waals surface area (Å²) < 4.78 is 4.41. The Morgan fingerprint density at radius 2 is 2.21 bits per heavy atom. The van der Waals surface area contributed by atoms with Crippen molar-refractivity contribution in [1.82, 2.24) is 19.4 Å². The van der Waals surface area contributed by atoms with E-state index in [-0.39, 0.29) is 0 Å². The molecule has 1 unspecified atom stereocenters. The van der Waals surface area contributed by atoms with Crippen LogP contribution in [0.1, 0.15) is 37.8 Å². The van der Waals surface area contributed by atoms with Crippen LogP contribution in [0.4, 0.5) is 0 Å². The Balaban J connectivity index is 1.97. The molecule has 2 heterocycles. The van der Waals surface area contributed by atoms with Crippen molar-refractivity contribution in [1.29, 1.82) is 0 Å². The maximum Gasteiger partial charge on any atom is 0.110 e. The van der Waals surface area contributed by atoms with E-state index in [1.54, 1.807) is 0 Å². The van der Waals surface area contributed by atoms with Crippen LogP contribution in [-0.4, -0.2) is 20.7 Å². The molecule has 0 aliphatic carbocycles. The predicted octanol–water partition coefficient (Wildman–Crippen LogP) is 2.52. The third kappa shape index (κ3) is 3.47. The Labute approximate surface area is 115 Å². The van der Waals surface area contributed by atoms with Crippen LogP contribution in [0, 0.1) is 0 Å². The normalized spacial score (nSPS) is 12.8. The molecular weight excluding hydrogens is 236 g/mol. The molecule has 4 heteroatoms. The van der Waals surface area contributed by atoms with Gasteiger partial charge in [0.05, 0.1) is 0 Å². The summed E-state index contributed by atoms with van der Waals surface area (Å²) in [5.74, 6) is 1.13. The SMILES string of the molecule is CCCNC(C)c1cccn1CCc1nccn1C. The van der Waals surface area contributed by atoms with Crippen LogP contribution >= 0.6 is 0 Å². The fourth-order valence-corrected chi connectivity index (χ4v) is 2.35. The molecule has 19 heavy (non-hydrogen) atoms. The smallest absolute Gasteiger partial charge is 0.110 e. The Morgan fingerprint density at radius 1 is 1.37 bits per heavy atom. The summed E-state index contributed by atoms with van der Waals surface area (Å²) in [5, 5.41) is 3.54. The van der Waals surface area contributed by atoms with Gasteiger partial charge in [-0.15, -0.1) is 0 Å². The standard InChI is InChI=1S/C15H24N4/c1-4-8-16-13(2)14-6-5-10-19(14)11-7-15-17-9-12-18(15)3/h5-6,9-10,12-13,16H,4,7-8,11H2,1-3H3. The van der Waals surface area contributed by atoms with Gasteiger partial charge in [-0.1, -0.05) is 6.92 Å². The van der Waals surface area contributed by atoms with Crippen molar-refractivity contribution >= 4 is 0 Å². The lowest BCUT2D eigenvalue weighted by atomic mass is 10.2. The van der Waals surface area contributed by atoms with Crippen molar-refractivity contribution in [2.75, 3.05) is 6.54 Å². The van der Waals surface area contributed by atoms with E-state index in [0.717, 1.165) is 31.8 Å². The van der Waals surface area contributed by atoms with Crippen molar-refractivity contribution < 1.29 is 0 Å². The first-order valence-corrected chi connectivity index (χ1v) is 7.07. The minimum Gasteiger partial charge on any atom is -0.350 e. The molecule has 104 valence electrons. The number of rotatable bonds is 7. The summed E-state index contributed by atoms with van der Waals surface area (Å²) in [7, 11) is 2.05. The van der Waals surface area contributed by atoms with Crippen LogP contribution in [-0.2, 0) is 20.0 Å². The summed E-state index contributed by atoms with van der Waals surface area (Å²) in [4.78, 5) is 4.37. The zero-order valence-corrected chi connectivity index (χ0v) is 12.1. The lowest BCUT2D eigenvalue weighted by molar-refractivity contribution is 0.519. The summed E-state index contributed by atoms with van der Waals surface area (Å²) >= 11 is 0. The van der Waals surface area contributed by atoms with E-state index in [9.17, 15) is 0 Å². The van der Waals surface area contributed by atoms with Crippen LogP contribution in [0.25, 0.3) is 0 Å². The van der Waals surface area contributed by atoms with Gasteiger partial charge in [0.15, 0.2) is 0 Å². The second-order valence-electron chi connectivity index (χ2n) is 5.01. The predicted molar refractivity (Wildman–Crippen MR) is 78.1 cm³/mol. The highest BCUT2D eigenvalue weighted by Gasteiger charge is 2.09. The topological polar surface area (TPSA) is 34.8 Å². The van der Waals surface area contributed by atoms with Crippen LogP contribution in [0.5, 0.6) is 0 Å². The van der Waals surface area contributed by atoms with Gasteiger partial charge in [-0.25, -0.2) is 4.98 Å². The highest BCUT2D eigenvalue weighted by Crippen LogP contribution is 2.14. The van der Waals surface area contributed by atoms with E-state index in [2.05, 4.69) is 51.6 Å². The molecule has 0 amide bonds. The number of imidazole rings is 1. The largest absolute Gasteiger partial charge is 0.350 e. The monoisotopic (exact) mass is 260 g/mol. The van der Waals surface area contributed by atoms with Gasteiger partial charge >= 0.3 is 0 Å². The minimum absolute atomic E-state index is 0.399. The number of aromatic nitrogens is 3. The average Bonchev–Trinajstić information content (AvgIpc) is 3.02. The molecule has 2 rings (SSSR count). The molecule has 0 aliphatic heterocycles. The van der Waals surface area contributed by atoms with E-state index in [1.165, 1.54) is 5.69 Å². The maximum absolute atomic E-state index is 4.37. The van der Waals surface area contributed by atoms with Gasteiger partial charge < -0.3 is 14.5 Å². The Bertz CT molecular complexity index is 498. The first kappa shape index (κ1) is 13.9. The molecule has 0 aromatic carbocycles. The van der Waals surface area contributed by atoms with Gasteiger partial charge in [-0.2, -0.15) is 0 Å². The first-order chi connectivity index (χ1) is 9.22. The number of hydrogen-bond donors (Lipinski definition) is 1. The summed E-state index contributed by atoms with van der Waals surface area (Å²) in [6.45, 7) is 6.46. The van der Waals surface area contributed by atoms with Gasteiger partial charge in [0.2, 0.25) is 0 Å². The average molecular weight is 260 g/mol. The van der Waals surface area contributed by atoms with E-state index >= 15 is 0 Å². The van der Waals surface area contributed by atoms with Gasteiger partial charge in [0, 0.05) is 50.3 Å². The molecule has 0 saturated heterocycles. The molecule has 4 nitrogen and oxygen atoms in total. The molecule has 0 radical (unpaired) electrons. The van der Waals surface area contributed by atoms with Crippen molar-refractivity contribution in [3.63, 3.8) is 0 Å². The van der Waals surface area contributed by atoms with E-state index < -0.39 is 0 Å². The second kappa shape index (κ2) is 6.57. The highest BCUT2D eigenvalue weighted by molar-refractivity contribution is 5.11. The van der Waals surface area contributed by atoms with Crippen LogP contribution in [0.3, 0.4) is 0 Å². The van der Waals surface area contributed by atoms with Gasteiger partial charge in [-0.05, 0) is 32.0 Å². The highest BCUT2D eigenvalue weighted by atomic mass is 15.1. The first-order valence-electron chi connectivity index (χ1n) is 7.07. The fraction of sp³-hybridized carbons (Fsp3) is 0.533. The van der Waals surface area contributed by atoms with E-state index in [1.807, 2.05) is 19.4 Å². The zero-order chi connectivity index (χ0) is 13.7. The maximum atomic E-state index is 4.37. The molecule has 0 spiro atoms. The molecule has 1 N–H and O–H groups in total. The Hall–Kier alpha value is -1.55. The molecule has 2 aromatic heterocycles. The Kier molecular flexibility index (Phi) is 4.80. The molecule has 0 saturated carbocycles. The number of aryl methyl sites for hydroxylation is 3. The molecule has 0 bridgehead atoms. The van der Waals surface area contributed by atoms with Crippen LogP contribution in [0.15, 0.2) is 30.7 Å². The Morgan fingerprint density at radius 3 is 2.89 bits per heavy atom. The molecule has 0 aliphatic rings. The van der Waals surface area contributed by atoms with Crippen LogP contribution < -0.4 is 5.32 Å². The van der Waals surface area contributed by atoms with E-state index in [0.29, 0.717) is 6.04 Å². The lowest BCUT2D eigenvalue weighted by Gasteiger charge is -2.17. The van der Waals surface area contributed by atoms with Crippen molar-refractivity contribution in [2.45, 2.75) is 39.3 Å². The quantitative estimate of drug-likeness (QED) is 0.830. The summed E-state index contributed by atoms with van der Waals surface area (Å²) in [5.41, 5.74) is 1.35. The molecular formula is C15H24N4. The fourth-order valence-electron chi connectivity index (χ4n) is 2.35. The van der Waals surface area contributed by atoms with Crippen LogP contribution in [0.2, 0.25) is 0 Å². The number of nitrogens with one attached hydrogen (secondary N) is 1. The van der Waals surface area contributed by atoms with Crippen molar-refractivity contribution in [2.24, 2.45) is 7.05 Å². The number of nitrogens with zero attached hydrogens (tertiary/aromatic N) is 3. The van der Waals surface area contributed by atoms with Gasteiger partial charge in [-0.3, -0.25) is 0 Å². The summed E-state index contributed by atoms with van der Waals surface area (Å²) in [6.07, 6.45) is 8.14. The molecule has 1 atom stereocenters. The summed E-state index contributed by atoms with van der Waals surface area (Å²) in [6, 6.07) is 4.72. The van der Waals surface area contributed by atoms with Gasteiger partial charge in [0.1, 0.15) is 5.82 Å². The number of hydrogen-bond acceptors (Lipinski definition) is 2. The molecule has 2 aromatic rings. The molecule has 0 fully saturated rings. The van der Waals surface area contributed by atoms with Crippen molar-refractivity contribution in [3.05, 3.63) is 42.2 Å². The second-order valence-corrected chi connectivity index (χ2v) is 5.01. The third-order valence-corrected chi connectivity index (χ3v) is 3.51. The zero-order valence-electron chi connectivity index (χ0n) is 12.1. The third-order valence-electron chi connectivity index (χ3n) is 3.51. The minimum atomic E-state index is 0.399.